The average molecular weight is 390 g/mol. The SMILES string of the molecule is CN1C(=O)NC(=O)C12Cc1ccc(NC(=O)Cn3cnc4ncccc43)cc1C2. The van der Waals surface area contributed by atoms with Crippen molar-refractivity contribution >= 4 is 34.7 Å². The predicted octanol–water partition coefficient (Wildman–Crippen LogP) is 1.09. The molecule has 2 aliphatic rings. The van der Waals surface area contributed by atoms with Crippen LogP contribution in [0.25, 0.3) is 11.2 Å². The Morgan fingerprint density at radius 1 is 1.21 bits per heavy atom. The van der Waals surface area contributed by atoms with Gasteiger partial charge in [-0.2, -0.15) is 0 Å². The normalized spacial score (nSPS) is 20.4. The average Bonchev–Trinajstić information content (AvgIpc) is 3.34. The summed E-state index contributed by atoms with van der Waals surface area (Å²) in [6.45, 7) is 0.114. The number of rotatable bonds is 3. The van der Waals surface area contributed by atoms with E-state index >= 15 is 0 Å². The van der Waals surface area contributed by atoms with Crippen molar-refractivity contribution in [1.29, 1.82) is 0 Å². The molecule has 1 aliphatic carbocycles. The predicted molar refractivity (Wildman–Crippen MR) is 104 cm³/mol. The van der Waals surface area contributed by atoms with Crippen LogP contribution >= 0.6 is 0 Å². The van der Waals surface area contributed by atoms with Gasteiger partial charge in [-0.05, 0) is 35.4 Å². The molecule has 0 saturated carbocycles. The van der Waals surface area contributed by atoms with Gasteiger partial charge in [0.15, 0.2) is 5.65 Å². The van der Waals surface area contributed by atoms with E-state index in [1.54, 1.807) is 30.2 Å². The third-order valence-corrected chi connectivity index (χ3v) is 5.75. The summed E-state index contributed by atoms with van der Waals surface area (Å²) in [7, 11) is 1.64. The minimum Gasteiger partial charge on any atom is -0.325 e. The van der Waals surface area contributed by atoms with Crippen LogP contribution in [-0.4, -0.2) is 49.9 Å². The molecular weight excluding hydrogens is 372 g/mol. The van der Waals surface area contributed by atoms with E-state index in [2.05, 4.69) is 20.6 Å². The van der Waals surface area contributed by atoms with Gasteiger partial charge in [-0.25, -0.2) is 14.8 Å². The second-order valence-electron chi connectivity index (χ2n) is 7.45. The zero-order valence-corrected chi connectivity index (χ0v) is 15.7. The molecule has 9 nitrogen and oxygen atoms in total. The van der Waals surface area contributed by atoms with Crippen LogP contribution in [-0.2, 0) is 29.0 Å². The van der Waals surface area contributed by atoms with Gasteiger partial charge in [-0.3, -0.25) is 14.9 Å². The van der Waals surface area contributed by atoms with Gasteiger partial charge in [0.1, 0.15) is 12.1 Å². The van der Waals surface area contributed by atoms with E-state index in [0.717, 1.165) is 16.6 Å². The standard InChI is InChI=1S/C20H18N6O3/c1-25-19(29)24-18(28)20(25)8-12-4-5-14(7-13(12)9-20)23-16(27)10-26-11-22-17-15(26)3-2-6-21-17/h2-7,11H,8-10H2,1H3,(H,23,27)(H,24,28,29). The molecule has 0 radical (unpaired) electrons. The first kappa shape index (κ1) is 17.4. The molecule has 5 rings (SSSR count). The third kappa shape index (κ3) is 2.65. The summed E-state index contributed by atoms with van der Waals surface area (Å²) in [6, 6.07) is 8.88. The van der Waals surface area contributed by atoms with E-state index < -0.39 is 5.54 Å². The van der Waals surface area contributed by atoms with Gasteiger partial charge in [0.2, 0.25) is 5.91 Å². The number of aromatic nitrogens is 3. The van der Waals surface area contributed by atoms with Crippen molar-refractivity contribution in [3.63, 3.8) is 0 Å². The molecular formula is C20H18N6O3. The number of nitrogens with zero attached hydrogens (tertiary/aromatic N) is 4. The fourth-order valence-electron chi connectivity index (χ4n) is 4.16. The number of imidazole rings is 1. The van der Waals surface area contributed by atoms with Gasteiger partial charge >= 0.3 is 6.03 Å². The summed E-state index contributed by atoms with van der Waals surface area (Å²) >= 11 is 0. The highest BCUT2D eigenvalue weighted by atomic mass is 16.2. The molecule has 0 bridgehead atoms. The first-order valence-corrected chi connectivity index (χ1v) is 9.23. The highest BCUT2D eigenvalue weighted by Gasteiger charge is 2.54. The quantitative estimate of drug-likeness (QED) is 0.651. The van der Waals surface area contributed by atoms with Crippen molar-refractivity contribution in [2.75, 3.05) is 12.4 Å². The summed E-state index contributed by atoms with van der Waals surface area (Å²) in [4.78, 5) is 46.6. The number of amides is 4. The molecule has 1 saturated heterocycles. The summed E-state index contributed by atoms with van der Waals surface area (Å²) in [6.07, 6.45) is 4.15. The highest BCUT2D eigenvalue weighted by molar-refractivity contribution is 6.07. The largest absolute Gasteiger partial charge is 0.325 e. The minimum atomic E-state index is -0.870. The Bertz CT molecular complexity index is 1190. The number of hydrogen-bond donors (Lipinski definition) is 2. The number of urea groups is 1. The summed E-state index contributed by atoms with van der Waals surface area (Å²) < 4.78 is 1.74. The number of carbonyl (C=O) groups is 3. The summed E-state index contributed by atoms with van der Waals surface area (Å²) in [5.74, 6) is -0.459. The van der Waals surface area contributed by atoms with Crippen LogP contribution in [0, 0.1) is 0 Å². The van der Waals surface area contributed by atoms with Crippen molar-refractivity contribution in [1.82, 2.24) is 24.8 Å². The monoisotopic (exact) mass is 390 g/mol. The Hall–Kier alpha value is -3.75. The number of benzene rings is 1. The Balaban J connectivity index is 1.33. The Labute approximate surface area is 165 Å². The van der Waals surface area contributed by atoms with Crippen molar-refractivity contribution in [2.45, 2.75) is 24.9 Å². The molecule has 146 valence electrons. The summed E-state index contributed by atoms with van der Waals surface area (Å²) in [5, 5.41) is 5.28. The van der Waals surface area contributed by atoms with Crippen LogP contribution in [0.2, 0.25) is 0 Å². The molecule has 1 spiro atoms. The van der Waals surface area contributed by atoms with Crippen molar-refractivity contribution < 1.29 is 14.4 Å². The van der Waals surface area contributed by atoms with E-state index in [-0.39, 0.29) is 24.4 Å². The topological polar surface area (TPSA) is 109 Å². The number of carbonyl (C=O) groups excluding carboxylic acids is 3. The van der Waals surface area contributed by atoms with Crippen LogP contribution in [0.5, 0.6) is 0 Å². The van der Waals surface area contributed by atoms with Crippen LogP contribution in [0.4, 0.5) is 10.5 Å². The van der Waals surface area contributed by atoms with Crippen molar-refractivity contribution in [2.24, 2.45) is 0 Å². The Morgan fingerprint density at radius 2 is 2.03 bits per heavy atom. The van der Waals surface area contributed by atoms with Gasteiger partial charge in [0.25, 0.3) is 5.91 Å². The first-order valence-electron chi connectivity index (χ1n) is 9.23. The summed E-state index contributed by atoms with van der Waals surface area (Å²) in [5.41, 5.74) is 3.13. The van der Waals surface area contributed by atoms with E-state index in [0.29, 0.717) is 24.2 Å². The molecule has 1 aliphatic heterocycles. The van der Waals surface area contributed by atoms with Crippen molar-refractivity contribution in [3.8, 4) is 0 Å². The molecule has 3 heterocycles. The molecule has 2 aromatic heterocycles. The minimum absolute atomic E-state index is 0.114. The number of hydrogen-bond acceptors (Lipinski definition) is 5. The Kier molecular flexibility index (Phi) is 3.67. The number of imide groups is 1. The molecule has 1 atom stereocenters. The van der Waals surface area contributed by atoms with Crippen LogP contribution < -0.4 is 10.6 Å². The molecule has 3 aromatic rings. The second-order valence-corrected chi connectivity index (χ2v) is 7.45. The van der Waals surface area contributed by atoms with Crippen molar-refractivity contribution in [3.05, 3.63) is 54.0 Å². The second kappa shape index (κ2) is 6.13. The van der Waals surface area contributed by atoms with Gasteiger partial charge in [0.05, 0.1) is 11.8 Å². The number of pyridine rings is 1. The third-order valence-electron chi connectivity index (χ3n) is 5.75. The molecule has 1 unspecified atom stereocenters. The number of fused-ring (bicyclic) bond motifs is 2. The van der Waals surface area contributed by atoms with E-state index in [4.69, 9.17) is 0 Å². The lowest BCUT2D eigenvalue weighted by molar-refractivity contribution is -0.125. The van der Waals surface area contributed by atoms with Gasteiger partial charge < -0.3 is 14.8 Å². The molecule has 1 fully saturated rings. The van der Waals surface area contributed by atoms with E-state index in [9.17, 15) is 14.4 Å². The maximum atomic E-state index is 12.5. The fraction of sp³-hybridized carbons (Fsp3) is 0.250. The molecule has 2 N–H and O–H groups in total. The molecule has 1 aromatic carbocycles. The zero-order chi connectivity index (χ0) is 20.2. The first-order chi connectivity index (χ1) is 14.0. The van der Waals surface area contributed by atoms with Crippen LogP contribution in [0.15, 0.2) is 42.9 Å². The lowest BCUT2D eigenvalue weighted by Gasteiger charge is -2.27. The van der Waals surface area contributed by atoms with Gasteiger partial charge in [-0.1, -0.05) is 6.07 Å². The number of likely N-dealkylation sites (N-methyl/N-ethyl adjacent to an activating group) is 1. The van der Waals surface area contributed by atoms with Gasteiger partial charge in [-0.15, -0.1) is 0 Å². The van der Waals surface area contributed by atoms with Crippen LogP contribution in [0.1, 0.15) is 11.1 Å². The molecule has 29 heavy (non-hydrogen) atoms. The molecule has 9 heteroatoms. The maximum absolute atomic E-state index is 12.5. The van der Waals surface area contributed by atoms with E-state index in [1.165, 1.54) is 4.90 Å². The van der Waals surface area contributed by atoms with E-state index in [1.807, 2.05) is 24.3 Å². The Morgan fingerprint density at radius 3 is 2.83 bits per heavy atom. The lowest BCUT2D eigenvalue weighted by Crippen LogP contribution is -2.48. The maximum Gasteiger partial charge on any atom is 0.324 e. The zero-order valence-electron chi connectivity index (χ0n) is 15.7. The van der Waals surface area contributed by atoms with Gasteiger partial charge in [0, 0.05) is 31.8 Å². The number of nitrogens with one attached hydrogen (secondary N) is 2. The molecule has 4 amide bonds. The lowest BCUT2D eigenvalue weighted by atomic mass is 9.95. The number of anilines is 1. The smallest absolute Gasteiger partial charge is 0.324 e. The fourth-order valence-corrected chi connectivity index (χ4v) is 4.16. The highest BCUT2D eigenvalue weighted by Crippen LogP contribution is 2.38. The van der Waals surface area contributed by atoms with Crippen LogP contribution in [0.3, 0.4) is 0 Å².